The van der Waals surface area contributed by atoms with Crippen LogP contribution in [0.5, 0.6) is 0 Å². The zero-order chi connectivity index (χ0) is 24.7. The van der Waals surface area contributed by atoms with Gasteiger partial charge in [-0.2, -0.15) is 0 Å². The molecule has 5 rings (SSSR count). The first-order chi connectivity index (χ1) is 17.7. The second-order valence-electron chi connectivity index (χ2n) is 9.12. The van der Waals surface area contributed by atoms with Gasteiger partial charge in [0.15, 0.2) is 5.16 Å². The number of ether oxygens (including phenoxy) is 2. The summed E-state index contributed by atoms with van der Waals surface area (Å²) in [6, 6.07) is 16.0. The number of rotatable bonds is 9. The predicted octanol–water partition coefficient (Wildman–Crippen LogP) is 2.86. The largest absolute Gasteiger partial charge is 0.378 e. The molecular formula is C27H32N4O4S. The molecule has 190 valence electrons. The van der Waals surface area contributed by atoms with Gasteiger partial charge in [-0.25, -0.2) is 4.98 Å². The van der Waals surface area contributed by atoms with Crippen molar-refractivity contribution in [3.05, 3.63) is 64.4 Å². The lowest BCUT2D eigenvalue weighted by Crippen LogP contribution is -2.36. The van der Waals surface area contributed by atoms with Crippen molar-refractivity contribution < 1.29 is 14.3 Å². The highest BCUT2D eigenvalue weighted by atomic mass is 32.2. The molecule has 1 N–H and O–H groups in total. The van der Waals surface area contributed by atoms with Gasteiger partial charge in [-0.05, 0) is 43.0 Å². The molecular weight excluding hydrogens is 476 g/mol. The highest BCUT2D eigenvalue weighted by Gasteiger charge is 2.19. The zero-order valence-electron chi connectivity index (χ0n) is 20.4. The van der Waals surface area contributed by atoms with E-state index in [0.717, 1.165) is 43.8 Å². The number of nitrogens with one attached hydrogen (secondary N) is 1. The molecule has 2 aromatic carbocycles. The van der Waals surface area contributed by atoms with Crippen molar-refractivity contribution in [1.29, 1.82) is 0 Å². The Kier molecular flexibility index (Phi) is 8.20. The first-order valence-electron chi connectivity index (χ1n) is 12.6. The molecule has 3 aromatic rings. The van der Waals surface area contributed by atoms with Crippen LogP contribution in [-0.2, 0) is 27.2 Å². The summed E-state index contributed by atoms with van der Waals surface area (Å²) in [5.41, 5.74) is 2.73. The number of aryl methyl sites for hydroxylation is 1. The number of carbonyl (C=O) groups excluding carboxylic acids is 1. The van der Waals surface area contributed by atoms with Crippen molar-refractivity contribution in [2.75, 3.05) is 50.1 Å². The van der Waals surface area contributed by atoms with Crippen molar-refractivity contribution in [2.45, 2.75) is 37.1 Å². The Balaban J connectivity index is 1.38. The Labute approximate surface area is 215 Å². The number of nitrogens with zero attached hydrogens (tertiary/aromatic N) is 3. The lowest BCUT2D eigenvalue weighted by atomic mass is 10.1. The molecule has 0 saturated carbocycles. The van der Waals surface area contributed by atoms with Gasteiger partial charge >= 0.3 is 0 Å². The number of carbonyl (C=O) groups is 1. The average Bonchev–Trinajstić information content (AvgIpc) is 3.45. The molecule has 2 saturated heterocycles. The van der Waals surface area contributed by atoms with E-state index in [1.165, 1.54) is 11.8 Å². The molecule has 0 spiro atoms. The predicted molar refractivity (Wildman–Crippen MR) is 142 cm³/mol. The summed E-state index contributed by atoms with van der Waals surface area (Å²) in [6.07, 6.45) is 2.82. The Bertz CT molecular complexity index is 1240. The van der Waals surface area contributed by atoms with Crippen molar-refractivity contribution in [3.63, 3.8) is 0 Å². The third-order valence-corrected chi connectivity index (χ3v) is 7.61. The van der Waals surface area contributed by atoms with Crippen LogP contribution in [0.3, 0.4) is 0 Å². The lowest BCUT2D eigenvalue weighted by molar-refractivity contribution is -0.119. The van der Waals surface area contributed by atoms with Gasteiger partial charge < -0.3 is 19.7 Å². The van der Waals surface area contributed by atoms with Gasteiger partial charge in [-0.15, -0.1) is 0 Å². The number of morpholine rings is 1. The number of anilines is 1. The summed E-state index contributed by atoms with van der Waals surface area (Å²) in [7, 11) is 0. The molecule has 0 aliphatic carbocycles. The van der Waals surface area contributed by atoms with E-state index in [1.807, 2.05) is 36.4 Å². The maximum atomic E-state index is 13.7. The third-order valence-electron chi connectivity index (χ3n) is 6.63. The number of hydrogen-bond acceptors (Lipinski definition) is 7. The fourth-order valence-electron chi connectivity index (χ4n) is 4.61. The van der Waals surface area contributed by atoms with Crippen LogP contribution in [0.2, 0.25) is 0 Å². The van der Waals surface area contributed by atoms with E-state index in [1.54, 1.807) is 4.57 Å². The highest BCUT2D eigenvalue weighted by molar-refractivity contribution is 7.99. The minimum atomic E-state index is -0.0814. The molecule has 0 bridgehead atoms. The molecule has 3 heterocycles. The molecule has 2 fully saturated rings. The summed E-state index contributed by atoms with van der Waals surface area (Å²) in [6.45, 7) is 4.75. The lowest BCUT2D eigenvalue weighted by Gasteiger charge is -2.29. The van der Waals surface area contributed by atoms with E-state index in [2.05, 4.69) is 22.3 Å². The number of fused-ring (bicyclic) bond motifs is 1. The molecule has 1 aromatic heterocycles. The first kappa shape index (κ1) is 24.8. The molecule has 2 aliphatic heterocycles. The van der Waals surface area contributed by atoms with Gasteiger partial charge in [0.05, 0.1) is 36.0 Å². The number of amides is 1. The standard InChI is InChI=1S/C27H32N4O4S/c32-25(28-18-22-7-4-14-35-22)19-36-27-29-24-9-8-21(30-12-15-34-16-13-30)17-23(24)26(33)31(27)11-10-20-5-2-1-3-6-20/h1-3,5-6,8-9,17,22H,4,7,10-16,18-19H2,(H,28,32)/t22-/m0/s1. The molecule has 1 amide bonds. The smallest absolute Gasteiger partial charge is 0.262 e. The Morgan fingerprint density at radius 3 is 2.72 bits per heavy atom. The highest BCUT2D eigenvalue weighted by Crippen LogP contribution is 2.23. The van der Waals surface area contributed by atoms with Crippen LogP contribution in [0.25, 0.3) is 10.9 Å². The molecule has 9 heteroatoms. The van der Waals surface area contributed by atoms with Crippen LogP contribution in [0.15, 0.2) is 58.5 Å². The maximum Gasteiger partial charge on any atom is 0.262 e. The monoisotopic (exact) mass is 508 g/mol. The molecule has 36 heavy (non-hydrogen) atoms. The normalized spacial score (nSPS) is 18.0. The number of aromatic nitrogens is 2. The second kappa shape index (κ2) is 11.9. The van der Waals surface area contributed by atoms with Crippen LogP contribution in [0.1, 0.15) is 18.4 Å². The van der Waals surface area contributed by atoms with Gasteiger partial charge in [0.25, 0.3) is 5.56 Å². The van der Waals surface area contributed by atoms with Gasteiger partial charge in [-0.3, -0.25) is 14.2 Å². The van der Waals surface area contributed by atoms with E-state index in [9.17, 15) is 9.59 Å². The van der Waals surface area contributed by atoms with E-state index in [0.29, 0.717) is 48.8 Å². The van der Waals surface area contributed by atoms with Crippen molar-refractivity contribution in [1.82, 2.24) is 14.9 Å². The zero-order valence-corrected chi connectivity index (χ0v) is 21.2. The summed E-state index contributed by atoms with van der Waals surface area (Å²) in [4.78, 5) is 33.3. The van der Waals surface area contributed by atoms with E-state index >= 15 is 0 Å². The van der Waals surface area contributed by atoms with Crippen molar-refractivity contribution in [2.24, 2.45) is 0 Å². The molecule has 0 radical (unpaired) electrons. The van der Waals surface area contributed by atoms with Crippen molar-refractivity contribution >= 4 is 34.3 Å². The van der Waals surface area contributed by atoms with E-state index < -0.39 is 0 Å². The average molecular weight is 509 g/mol. The summed E-state index contributed by atoms with van der Waals surface area (Å²) in [5, 5.41) is 4.11. The Morgan fingerprint density at radius 2 is 1.94 bits per heavy atom. The maximum absolute atomic E-state index is 13.7. The van der Waals surface area contributed by atoms with E-state index in [4.69, 9.17) is 14.5 Å². The molecule has 1 atom stereocenters. The van der Waals surface area contributed by atoms with E-state index in [-0.39, 0.29) is 23.3 Å². The topological polar surface area (TPSA) is 85.7 Å². The summed E-state index contributed by atoms with van der Waals surface area (Å²) in [5.74, 6) is 0.115. The van der Waals surface area contributed by atoms with Gasteiger partial charge in [0.1, 0.15) is 0 Å². The molecule has 8 nitrogen and oxygen atoms in total. The van der Waals surface area contributed by atoms with Crippen LogP contribution in [0, 0.1) is 0 Å². The Morgan fingerprint density at radius 1 is 1.11 bits per heavy atom. The van der Waals surface area contributed by atoms with Gasteiger partial charge in [0.2, 0.25) is 5.91 Å². The fraction of sp³-hybridized carbons (Fsp3) is 0.444. The minimum Gasteiger partial charge on any atom is -0.378 e. The van der Waals surface area contributed by atoms with Crippen LogP contribution >= 0.6 is 11.8 Å². The fourth-order valence-corrected chi connectivity index (χ4v) is 5.47. The second-order valence-corrected chi connectivity index (χ2v) is 10.1. The van der Waals surface area contributed by atoms with Crippen molar-refractivity contribution in [3.8, 4) is 0 Å². The third kappa shape index (κ3) is 6.08. The SMILES string of the molecule is O=C(CSc1nc2ccc(N3CCOCC3)cc2c(=O)n1CCc1ccccc1)NC[C@@H]1CCCO1. The quantitative estimate of drug-likeness (QED) is 0.351. The molecule has 0 unspecified atom stereocenters. The Hall–Kier alpha value is -2.88. The number of thioether (sulfide) groups is 1. The van der Waals surface area contributed by atoms with Crippen LogP contribution < -0.4 is 15.8 Å². The van der Waals surface area contributed by atoms with Crippen LogP contribution in [-0.4, -0.2) is 66.8 Å². The van der Waals surface area contributed by atoms with Crippen LogP contribution in [0.4, 0.5) is 5.69 Å². The van der Waals surface area contributed by atoms with Gasteiger partial charge in [0, 0.05) is 38.5 Å². The summed E-state index contributed by atoms with van der Waals surface area (Å²) < 4.78 is 12.8. The number of hydrogen-bond donors (Lipinski definition) is 1. The molecule has 2 aliphatic rings. The number of benzene rings is 2. The first-order valence-corrected chi connectivity index (χ1v) is 13.6. The van der Waals surface area contributed by atoms with Gasteiger partial charge in [-0.1, -0.05) is 42.1 Å². The minimum absolute atomic E-state index is 0.0756. The summed E-state index contributed by atoms with van der Waals surface area (Å²) >= 11 is 1.31.